The molecule has 0 unspecified atom stereocenters. The van der Waals surface area contributed by atoms with Gasteiger partial charge in [-0.3, -0.25) is 0 Å². The van der Waals surface area contributed by atoms with Gasteiger partial charge < -0.3 is 20.9 Å². The summed E-state index contributed by atoms with van der Waals surface area (Å²) in [5.41, 5.74) is 14.6. The van der Waals surface area contributed by atoms with Gasteiger partial charge in [-0.1, -0.05) is 49.4 Å². The summed E-state index contributed by atoms with van der Waals surface area (Å²) in [7, 11) is 0. The van der Waals surface area contributed by atoms with Crippen molar-refractivity contribution in [1.29, 1.82) is 0 Å². The minimum atomic E-state index is 0. The van der Waals surface area contributed by atoms with E-state index in [1.807, 2.05) is 37.3 Å². The molecule has 1 heterocycles. The smallest absolute Gasteiger partial charge is 0.222 e. The summed E-state index contributed by atoms with van der Waals surface area (Å²) < 4.78 is 11.6. The van der Waals surface area contributed by atoms with Gasteiger partial charge in [0.25, 0.3) is 0 Å². The Labute approximate surface area is 177 Å². The average Bonchev–Trinajstić information content (AvgIpc) is 2.72. The van der Waals surface area contributed by atoms with Crippen molar-refractivity contribution in [3.63, 3.8) is 0 Å². The van der Waals surface area contributed by atoms with Gasteiger partial charge in [-0.25, -0.2) is 4.98 Å². The first-order valence-electron chi connectivity index (χ1n) is 9.50. The minimum absolute atomic E-state index is 0. The lowest BCUT2D eigenvalue weighted by Gasteiger charge is -2.12. The Morgan fingerprint density at radius 2 is 1.41 bits per heavy atom. The highest BCUT2D eigenvalue weighted by molar-refractivity contribution is 5.85. The van der Waals surface area contributed by atoms with Crippen LogP contribution in [0.25, 0.3) is 11.1 Å². The number of unbranched alkanes of at least 4 members (excludes halogenated alkanes) is 1. The van der Waals surface area contributed by atoms with Gasteiger partial charge in [0.05, 0.1) is 18.9 Å². The number of aromatic nitrogens is 2. The quantitative estimate of drug-likeness (QED) is 0.499. The molecule has 0 spiro atoms. The third-order valence-electron chi connectivity index (χ3n) is 4.33. The average molecular weight is 415 g/mol. The molecule has 1 aromatic heterocycles. The van der Waals surface area contributed by atoms with Crippen LogP contribution in [0.1, 0.15) is 25.5 Å². The second-order valence-corrected chi connectivity index (χ2v) is 6.39. The fraction of sp³-hybridized carbons (Fsp3) is 0.273. The van der Waals surface area contributed by atoms with Crippen LogP contribution in [0.2, 0.25) is 0 Å². The van der Waals surface area contributed by atoms with Gasteiger partial charge in [0, 0.05) is 0 Å². The van der Waals surface area contributed by atoms with Gasteiger partial charge in [-0.15, -0.1) is 12.4 Å². The van der Waals surface area contributed by atoms with Gasteiger partial charge in [0.1, 0.15) is 5.75 Å². The van der Waals surface area contributed by atoms with Crippen molar-refractivity contribution in [2.45, 2.75) is 26.2 Å². The molecular weight excluding hydrogens is 388 g/mol. The van der Waals surface area contributed by atoms with Crippen molar-refractivity contribution in [3.05, 3.63) is 60.3 Å². The van der Waals surface area contributed by atoms with Gasteiger partial charge >= 0.3 is 0 Å². The number of rotatable bonds is 9. The summed E-state index contributed by atoms with van der Waals surface area (Å²) in [6.45, 7) is 3.13. The summed E-state index contributed by atoms with van der Waals surface area (Å²) in [6.07, 6.45) is 2.40. The number of hydrogen-bond donors (Lipinski definition) is 2. The van der Waals surface area contributed by atoms with Crippen LogP contribution in [-0.2, 0) is 6.42 Å². The molecule has 0 aliphatic rings. The third kappa shape index (κ3) is 6.26. The van der Waals surface area contributed by atoms with Gasteiger partial charge in [-0.05, 0) is 42.5 Å². The third-order valence-corrected chi connectivity index (χ3v) is 4.33. The highest BCUT2D eigenvalue weighted by atomic mass is 35.5. The van der Waals surface area contributed by atoms with Gasteiger partial charge in [0.15, 0.2) is 11.6 Å². The number of hydrogen-bond acceptors (Lipinski definition) is 6. The fourth-order valence-corrected chi connectivity index (χ4v) is 2.88. The Morgan fingerprint density at radius 1 is 0.793 bits per heavy atom. The van der Waals surface area contributed by atoms with Crippen LogP contribution in [-0.4, -0.2) is 23.2 Å². The number of benzene rings is 2. The number of nitrogens with two attached hydrogens (primary N) is 2. The number of ether oxygens (including phenoxy) is 2. The van der Waals surface area contributed by atoms with Crippen molar-refractivity contribution in [3.8, 4) is 22.6 Å². The number of nitrogens with zero attached hydrogens (tertiary/aromatic N) is 2. The van der Waals surface area contributed by atoms with E-state index in [1.165, 1.54) is 11.1 Å². The second-order valence-electron chi connectivity index (χ2n) is 6.39. The predicted molar refractivity (Wildman–Crippen MR) is 120 cm³/mol. The first-order chi connectivity index (χ1) is 13.7. The van der Waals surface area contributed by atoms with Crippen molar-refractivity contribution < 1.29 is 9.47 Å². The van der Waals surface area contributed by atoms with Gasteiger partial charge in [0.2, 0.25) is 5.95 Å². The van der Waals surface area contributed by atoms with E-state index in [2.05, 4.69) is 34.2 Å². The molecule has 0 aliphatic carbocycles. The molecule has 154 valence electrons. The maximum absolute atomic E-state index is 5.89. The molecule has 7 heteroatoms. The zero-order valence-corrected chi connectivity index (χ0v) is 17.3. The molecule has 0 amide bonds. The zero-order valence-electron chi connectivity index (χ0n) is 16.5. The first kappa shape index (κ1) is 22.3. The largest absolute Gasteiger partial charge is 0.494 e. The lowest BCUT2D eigenvalue weighted by molar-refractivity contribution is 0.265. The van der Waals surface area contributed by atoms with E-state index in [4.69, 9.17) is 20.9 Å². The van der Waals surface area contributed by atoms with E-state index in [9.17, 15) is 0 Å². The summed E-state index contributed by atoms with van der Waals surface area (Å²) in [6, 6.07) is 18.4. The number of anilines is 2. The highest BCUT2D eigenvalue weighted by Crippen LogP contribution is 2.25. The molecule has 0 saturated carbocycles. The van der Waals surface area contributed by atoms with Crippen LogP contribution in [0.4, 0.5) is 11.8 Å². The highest BCUT2D eigenvalue weighted by Gasteiger charge is 2.11. The lowest BCUT2D eigenvalue weighted by Crippen LogP contribution is -2.10. The van der Waals surface area contributed by atoms with E-state index in [0.717, 1.165) is 24.3 Å². The molecule has 2 aromatic carbocycles. The molecule has 4 N–H and O–H groups in total. The zero-order chi connectivity index (χ0) is 19.8. The van der Waals surface area contributed by atoms with Gasteiger partial charge in [-0.2, -0.15) is 4.98 Å². The summed E-state index contributed by atoms with van der Waals surface area (Å²) in [4.78, 5) is 8.13. The fourth-order valence-electron chi connectivity index (χ4n) is 2.88. The molecular formula is C22H27ClN4O2. The van der Waals surface area contributed by atoms with Crippen molar-refractivity contribution in [1.82, 2.24) is 9.97 Å². The Hall–Kier alpha value is -2.99. The topological polar surface area (TPSA) is 96.3 Å². The molecule has 0 saturated heterocycles. The maximum atomic E-state index is 5.89. The Kier molecular flexibility index (Phi) is 8.55. The van der Waals surface area contributed by atoms with Crippen molar-refractivity contribution in [2.75, 3.05) is 24.7 Å². The molecule has 0 radical (unpaired) electrons. The van der Waals surface area contributed by atoms with Crippen LogP contribution >= 0.6 is 12.4 Å². The van der Waals surface area contributed by atoms with Crippen LogP contribution < -0.4 is 20.9 Å². The van der Waals surface area contributed by atoms with Crippen LogP contribution in [0.3, 0.4) is 0 Å². The molecule has 0 aliphatic heterocycles. The normalized spacial score (nSPS) is 10.2. The Balaban J connectivity index is 0.00000300. The predicted octanol–water partition coefficient (Wildman–Crippen LogP) is 4.53. The summed E-state index contributed by atoms with van der Waals surface area (Å²) >= 11 is 0. The Morgan fingerprint density at radius 3 is 2.07 bits per heavy atom. The van der Waals surface area contributed by atoms with Crippen LogP contribution in [0.5, 0.6) is 11.5 Å². The van der Waals surface area contributed by atoms with E-state index in [-0.39, 0.29) is 18.4 Å². The standard InChI is InChI=1S/C22H26N4O2.ClH/c1-2-19-20(21(23)26-22(24)25-19)28-15-7-6-14-27-18-12-10-17(11-13-18)16-8-4-3-5-9-16;/h3-5,8-13H,2,6-7,14-15H2,1H3,(H4,23,24,25,26);1H. The molecule has 0 atom stereocenters. The molecule has 3 rings (SSSR count). The maximum Gasteiger partial charge on any atom is 0.222 e. The first-order valence-corrected chi connectivity index (χ1v) is 9.50. The van der Waals surface area contributed by atoms with E-state index < -0.39 is 0 Å². The van der Waals surface area contributed by atoms with Crippen molar-refractivity contribution in [2.24, 2.45) is 0 Å². The minimum Gasteiger partial charge on any atom is -0.494 e. The van der Waals surface area contributed by atoms with E-state index in [1.54, 1.807) is 0 Å². The number of halogens is 1. The summed E-state index contributed by atoms with van der Waals surface area (Å²) in [5.74, 6) is 1.87. The molecule has 0 fully saturated rings. The molecule has 29 heavy (non-hydrogen) atoms. The van der Waals surface area contributed by atoms with Crippen LogP contribution in [0.15, 0.2) is 54.6 Å². The monoisotopic (exact) mass is 414 g/mol. The lowest BCUT2D eigenvalue weighted by atomic mass is 10.1. The summed E-state index contributed by atoms with van der Waals surface area (Å²) in [5, 5.41) is 0. The Bertz CT molecular complexity index is 889. The second kappa shape index (κ2) is 11.1. The number of aryl methyl sites for hydroxylation is 1. The van der Waals surface area contributed by atoms with E-state index in [0.29, 0.717) is 31.2 Å². The molecule has 6 nitrogen and oxygen atoms in total. The van der Waals surface area contributed by atoms with E-state index >= 15 is 0 Å². The SMILES string of the molecule is CCc1nc(N)nc(N)c1OCCCCOc1ccc(-c2ccccc2)cc1.Cl. The van der Waals surface area contributed by atoms with Crippen molar-refractivity contribution >= 4 is 24.2 Å². The molecule has 3 aromatic rings. The molecule has 0 bridgehead atoms. The van der Waals surface area contributed by atoms with Crippen LogP contribution in [0, 0.1) is 0 Å². The number of nitrogen functional groups attached to an aromatic ring is 2.